The van der Waals surface area contributed by atoms with E-state index in [9.17, 15) is 4.79 Å². The normalized spacial score (nSPS) is 10.3. The van der Waals surface area contributed by atoms with Crippen molar-refractivity contribution in [3.63, 3.8) is 0 Å². The van der Waals surface area contributed by atoms with Gasteiger partial charge in [0.1, 0.15) is 7.05 Å². The van der Waals surface area contributed by atoms with Gasteiger partial charge in [-0.3, -0.25) is 0 Å². The van der Waals surface area contributed by atoms with Crippen LogP contribution in [0.15, 0.2) is 36.5 Å². The molecule has 0 saturated heterocycles. The van der Waals surface area contributed by atoms with E-state index in [2.05, 4.69) is 0 Å². The molecular weight excluding hydrogens is 216 g/mol. The van der Waals surface area contributed by atoms with Crippen molar-refractivity contribution >= 4 is 17.0 Å². The lowest BCUT2D eigenvalue weighted by atomic mass is 10.2. The molecule has 88 valence electrons. The van der Waals surface area contributed by atoms with Gasteiger partial charge in [-0.1, -0.05) is 6.07 Å². The number of hydrogen-bond acceptors (Lipinski definition) is 2. The van der Waals surface area contributed by atoms with E-state index in [0.717, 1.165) is 10.9 Å². The fraction of sp³-hybridized carbons (Fsp3) is 0.231. The van der Waals surface area contributed by atoms with Crippen LogP contribution in [0.4, 0.5) is 4.79 Å². The van der Waals surface area contributed by atoms with E-state index in [-0.39, 0.29) is 6.09 Å². The molecule has 0 aliphatic rings. The van der Waals surface area contributed by atoms with Gasteiger partial charge in [-0.25, -0.2) is 4.79 Å². The molecule has 1 heterocycles. The SMILES string of the molecule is CN(C)C(=O)Oc1cccc2ccc[n+](C)c12. The first-order valence-electron chi connectivity index (χ1n) is 5.36. The molecule has 0 saturated carbocycles. The molecule has 2 rings (SSSR count). The van der Waals surface area contributed by atoms with Crippen LogP contribution in [0.5, 0.6) is 5.75 Å². The van der Waals surface area contributed by atoms with E-state index in [0.29, 0.717) is 5.75 Å². The number of rotatable bonds is 1. The van der Waals surface area contributed by atoms with Crippen LogP contribution in [0.25, 0.3) is 10.9 Å². The number of carbonyl (C=O) groups is 1. The third-order valence-corrected chi connectivity index (χ3v) is 2.53. The maximum Gasteiger partial charge on any atom is 0.414 e. The number of amides is 1. The van der Waals surface area contributed by atoms with Gasteiger partial charge in [0.25, 0.3) is 5.52 Å². The first kappa shape index (κ1) is 11.4. The average Bonchev–Trinajstić information content (AvgIpc) is 2.29. The van der Waals surface area contributed by atoms with Crippen molar-refractivity contribution in [1.82, 2.24) is 4.90 Å². The van der Waals surface area contributed by atoms with Crippen LogP contribution in [-0.2, 0) is 7.05 Å². The lowest BCUT2D eigenvalue weighted by Gasteiger charge is -2.10. The van der Waals surface area contributed by atoms with E-state index in [1.54, 1.807) is 20.2 Å². The number of pyridine rings is 1. The third-order valence-electron chi connectivity index (χ3n) is 2.53. The van der Waals surface area contributed by atoms with Crippen molar-refractivity contribution in [1.29, 1.82) is 0 Å². The monoisotopic (exact) mass is 231 g/mol. The zero-order chi connectivity index (χ0) is 12.4. The van der Waals surface area contributed by atoms with Crippen molar-refractivity contribution in [2.75, 3.05) is 14.1 Å². The van der Waals surface area contributed by atoms with Crippen LogP contribution >= 0.6 is 0 Å². The quantitative estimate of drug-likeness (QED) is 0.700. The summed E-state index contributed by atoms with van der Waals surface area (Å²) < 4.78 is 7.27. The molecule has 0 fully saturated rings. The van der Waals surface area contributed by atoms with Gasteiger partial charge in [0, 0.05) is 20.2 Å². The zero-order valence-electron chi connectivity index (χ0n) is 10.2. The van der Waals surface area contributed by atoms with Crippen molar-refractivity contribution in [2.45, 2.75) is 0 Å². The molecule has 4 nitrogen and oxygen atoms in total. The molecule has 4 heteroatoms. The van der Waals surface area contributed by atoms with E-state index in [4.69, 9.17) is 4.74 Å². The molecule has 1 amide bonds. The lowest BCUT2D eigenvalue weighted by Crippen LogP contribution is -2.30. The van der Waals surface area contributed by atoms with Crippen molar-refractivity contribution in [2.24, 2.45) is 7.05 Å². The molecule has 0 aliphatic carbocycles. The smallest absolute Gasteiger partial charge is 0.403 e. The Balaban J connectivity index is 2.51. The molecule has 17 heavy (non-hydrogen) atoms. The van der Waals surface area contributed by atoms with Crippen LogP contribution < -0.4 is 9.30 Å². The standard InChI is InChI=1S/C13H15N2O2/c1-14(2)13(16)17-11-8-4-6-10-7-5-9-15(3)12(10)11/h4-9H,1-3H3/q+1. The Morgan fingerprint density at radius 2 is 1.94 bits per heavy atom. The maximum atomic E-state index is 11.6. The van der Waals surface area contributed by atoms with E-state index >= 15 is 0 Å². The van der Waals surface area contributed by atoms with Gasteiger partial charge in [-0.05, 0) is 18.2 Å². The highest BCUT2D eigenvalue weighted by atomic mass is 16.6. The first-order chi connectivity index (χ1) is 8.09. The van der Waals surface area contributed by atoms with Gasteiger partial charge in [-0.15, -0.1) is 0 Å². The van der Waals surface area contributed by atoms with Gasteiger partial charge in [0.05, 0.1) is 5.39 Å². The number of hydrogen-bond donors (Lipinski definition) is 0. The molecule has 0 aliphatic heterocycles. The molecule has 0 spiro atoms. The number of fused-ring (bicyclic) bond motifs is 1. The Morgan fingerprint density at radius 1 is 1.24 bits per heavy atom. The summed E-state index contributed by atoms with van der Waals surface area (Å²) in [4.78, 5) is 13.0. The maximum absolute atomic E-state index is 11.6. The second-order valence-corrected chi connectivity index (χ2v) is 4.08. The highest BCUT2D eigenvalue weighted by molar-refractivity contribution is 5.84. The second-order valence-electron chi connectivity index (χ2n) is 4.08. The molecule has 1 aromatic carbocycles. The molecule has 0 unspecified atom stereocenters. The number of carbonyl (C=O) groups excluding carboxylic acids is 1. The Morgan fingerprint density at radius 3 is 2.65 bits per heavy atom. The van der Waals surface area contributed by atoms with Crippen LogP contribution in [0.3, 0.4) is 0 Å². The number of aryl methyl sites for hydroxylation is 1. The van der Waals surface area contributed by atoms with Crippen molar-refractivity contribution in [3.05, 3.63) is 36.5 Å². The number of benzene rings is 1. The van der Waals surface area contributed by atoms with Crippen molar-refractivity contribution < 1.29 is 14.1 Å². The summed E-state index contributed by atoms with van der Waals surface area (Å²) in [6, 6.07) is 9.61. The molecular formula is C13H15N2O2+. The lowest BCUT2D eigenvalue weighted by molar-refractivity contribution is -0.645. The molecule has 0 N–H and O–H groups in total. The minimum Gasteiger partial charge on any atom is -0.403 e. The van der Waals surface area contributed by atoms with Gasteiger partial charge in [0.2, 0.25) is 5.75 Å². The van der Waals surface area contributed by atoms with E-state index < -0.39 is 0 Å². The van der Waals surface area contributed by atoms with Crippen LogP contribution in [0, 0.1) is 0 Å². The molecule has 0 atom stereocenters. The summed E-state index contributed by atoms with van der Waals surface area (Å²) in [7, 11) is 5.25. The predicted molar refractivity (Wildman–Crippen MR) is 64.8 cm³/mol. The summed E-state index contributed by atoms with van der Waals surface area (Å²) in [5.41, 5.74) is 0.908. The van der Waals surface area contributed by atoms with Gasteiger partial charge in [0.15, 0.2) is 6.20 Å². The predicted octanol–water partition coefficient (Wildman–Crippen LogP) is 1.72. The Kier molecular flexibility index (Phi) is 2.95. The summed E-state index contributed by atoms with van der Waals surface area (Å²) in [5.74, 6) is 0.573. The number of ether oxygens (including phenoxy) is 1. The fourth-order valence-corrected chi connectivity index (χ4v) is 1.67. The third kappa shape index (κ3) is 2.20. The molecule has 2 aromatic rings. The highest BCUT2D eigenvalue weighted by Crippen LogP contribution is 2.22. The summed E-state index contributed by atoms with van der Waals surface area (Å²) in [6.45, 7) is 0. The molecule has 1 aromatic heterocycles. The van der Waals surface area contributed by atoms with Gasteiger partial charge < -0.3 is 9.64 Å². The van der Waals surface area contributed by atoms with Gasteiger partial charge in [-0.2, -0.15) is 4.57 Å². The first-order valence-corrected chi connectivity index (χ1v) is 5.36. The molecule has 0 radical (unpaired) electrons. The number of aromatic nitrogens is 1. The fourth-order valence-electron chi connectivity index (χ4n) is 1.67. The topological polar surface area (TPSA) is 33.4 Å². The number of nitrogens with zero attached hydrogens (tertiary/aromatic N) is 2. The summed E-state index contributed by atoms with van der Waals surface area (Å²) in [6.07, 6.45) is 1.55. The van der Waals surface area contributed by atoms with Crippen LogP contribution in [0.1, 0.15) is 0 Å². The Hall–Kier alpha value is -2.10. The number of para-hydroxylation sites is 1. The minimum atomic E-state index is -0.374. The van der Waals surface area contributed by atoms with E-state index in [1.165, 1.54) is 4.90 Å². The minimum absolute atomic E-state index is 0.374. The Labute approximate surface area is 100 Å². The zero-order valence-corrected chi connectivity index (χ0v) is 10.2. The van der Waals surface area contributed by atoms with Crippen LogP contribution in [0.2, 0.25) is 0 Å². The summed E-state index contributed by atoms with van der Waals surface area (Å²) in [5, 5.41) is 1.04. The largest absolute Gasteiger partial charge is 0.414 e. The van der Waals surface area contributed by atoms with Gasteiger partial charge >= 0.3 is 6.09 Å². The Bertz CT molecular complexity index is 559. The highest BCUT2D eigenvalue weighted by Gasteiger charge is 2.15. The van der Waals surface area contributed by atoms with Crippen molar-refractivity contribution in [3.8, 4) is 5.75 Å². The molecule has 0 bridgehead atoms. The van der Waals surface area contributed by atoms with E-state index in [1.807, 2.05) is 42.1 Å². The average molecular weight is 231 g/mol. The second kappa shape index (κ2) is 4.41. The summed E-state index contributed by atoms with van der Waals surface area (Å²) >= 11 is 0. The van der Waals surface area contributed by atoms with Crippen LogP contribution in [-0.4, -0.2) is 25.1 Å².